The average molecular weight is 309 g/mol. The summed E-state index contributed by atoms with van der Waals surface area (Å²) in [4.78, 5) is 15.1. The van der Waals surface area contributed by atoms with Gasteiger partial charge in [0.05, 0.1) is 13.7 Å². The summed E-state index contributed by atoms with van der Waals surface area (Å²) >= 11 is 0. The molecule has 0 aromatic heterocycles. The molecule has 5 nitrogen and oxygen atoms in total. The number of esters is 1. The molecule has 0 aromatic rings. The van der Waals surface area contributed by atoms with Gasteiger partial charge in [0.25, 0.3) is 0 Å². The van der Waals surface area contributed by atoms with Crippen LogP contribution in [-0.4, -0.2) is 80.4 Å². The van der Waals surface area contributed by atoms with E-state index >= 15 is 0 Å². The number of alkyl halides is 3. The Morgan fingerprint density at radius 1 is 1.24 bits per heavy atom. The standard InChI is InChI=1S/C13H22F3N3O2/c1-21-12(20)11(17-10-2-3-10)8-18-4-6-19(7-5-18)9-13(14,15)16/h10-11,17H,2-9H2,1H3. The fraction of sp³-hybridized carbons (Fsp3) is 0.923. The number of rotatable bonds is 6. The van der Waals surface area contributed by atoms with Gasteiger partial charge >= 0.3 is 12.1 Å². The van der Waals surface area contributed by atoms with Crippen LogP contribution in [0.25, 0.3) is 0 Å². The second kappa shape index (κ2) is 6.93. The minimum Gasteiger partial charge on any atom is -0.468 e. The highest BCUT2D eigenvalue weighted by Crippen LogP contribution is 2.20. The van der Waals surface area contributed by atoms with Crippen molar-refractivity contribution in [1.82, 2.24) is 15.1 Å². The molecule has 1 unspecified atom stereocenters. The smallest absolute Gasteiger partial charge is 0.401 e. The molecule has 21 heavy (non-hydrogen) atoms. The van der Waals surface area contributed by atoms with Crippen molar-refractivity contribution in [2.24, 2.45) is 0 Å². The average Bonchev–Trinajstić information content (AvgIpc) is 3.21. The number of carbonyl (C=O) groups is 1. The molecule has 8 heteroatoms. The predicted molar refractivity (Wildman–Crippen MR) is 70.9 cm³/mol. The van der Waals surface area contributed by atoms with Crippen LogP contribution in [-0.2, 0) is 9.53 Å². The van der Waals surface area contributed by atoms with E-state index in [4.69, 9.17) is 4.74 Å². The van der Waals surface area contributed by atoms with Crippen LogP contribution in [0.15, 0.2) is 0 Å². The lowest BCUT2D eigenvalue weighted by Crippen LogP contribution is -2.54. The van der Waals surface area contributed by atoms with E-state index in [1.54, 1.807) is 0 Å². The second-order valence-corrected chi connectivity index (χ2v) is 5.71. The zero-order valence-electron chi connectivity index (χ0n) is 12.2. The van der Waals surface area contributed by atoms with E-state index in [0.29, 0.717) is 38.8 Å². The van der Waals surface area contributed by atoms with E-state index in [0.717, 1.165) is 12.8 Å². The van der Waals surface area contributed by atoms with Gasteiger partial charge in [-0.3, -0.25) is 14.6 Å². The normalized spacial score (nSPS) is 23.0. The van der Waals surface area contributed by atoms with Crippen LogP contribution in [0, 0.1) is 0 Å². The van der Waals surface area contributed by atoms with Crippen LogP contribution in [0.3, 0.4) is 0 Å². The third-order valence-corrected chi connectivity index (χ3v) is 3.81. The minimum atomic E-state index is -4.15. The van der Waals surface area contributed by atoms with Crippen LogP contribution in [0.2, 0.25) is 0 Å². The predicted octanol–water partition coefficient (Wildman–Crippen LogP) is 0.460. The van der Waals surface area contributed by atoms with Crippen molar-refractivity contribution < 1.29 is 22.7 Å². The lowest BCUT2D eigenvalue weighted by Gasteiger charge is -2.36. The van der Waals surface area contributed by atoms with Crippen molar-refractivity contribution in [3.63, 3.8) is 0 Å². The summed E-state index contributed by atoms with van der Waals surface area (Å²) in [5, 5.41) is 3.23. The first kappa shape index (κ1) is 16.5. The van der Waals surface area contributed by atoms with Crippen molar-refractivity contribution in [1.29, 1.82) is 0 Å². The zero-order valence-corrected chi connectivity index (χ0v) is 12.2. The van der Waals surface area contributed by atoms with E-state index in [-0.39, 0.29) is 5.97 Å². The molecule has 0 spiro atoms. The van der Waals surface area contributed by atoms with Crippen LogP contribution in [0.5, 0.6) is 0 Å². The van der Waals surface area contributed by atoms with Gasteiger partial charge in [0.15, 0.2) is 0 Å². The van der Waals surface area contributed by atoms with Crippen LogP contribution < -0.4 is 5.32 Å². The summed E-state index contributed by atoms with van der Waals surface area (Å²) in [5.41, 5.74) is 0. The Hall–Kier alpha value is -0.860. The molecule has 1 saturated carbocycles. The van der Waals surface area contributed by atoms with Gasteiger partial charge in [-0.2, -0.15) is 13.2 Å². The Morgan fingerprint density at radius 3 is 2.29 bits per heavy atom. The molecule has 0 amide bonds. The van der Waals surface area contributed by atoms with Gasteiger partial charge in [0.2, 0.25) is 0 Å². The van der Waals surface area contributed by atoms with Gasteiger partial charge in [-0.05, 0) is 12.8 Å². The van der Waals surface area contributed by atoms with Gasteiger partial charge in [-0.25, -0.2) is 0 Å². The molecule has 1 atom stereocenters. The van der Waals surface area contributed by atoms with E-state index in [1.165, 1.54) is 12.0 Å². The van der Waals surface area contributed by atoms with Crippen LogP contribution in [0.4, 0.5) is 13.2 Å². The Kier molecular flexibility index (Phi) is 5.45. The molecule has 2 rings (SSSR count). The van der Waals surface area contributed by atoms with Crippen molar-refractivity contribution >= 4 is 5.97 Å². The molecule has 0 bridgehead atoms. The fourth-order valence-corrected chi connectivity index (χ4v) is 2.51. The summed E-state index contributed by atoms with van der Waals surface area (Å²) < 4.78 is 41.8. The van der Waals surface area contributed by atoms with Gasteiger partial charge in [0, 0.05) is 38.8 Å². The number of methoxy groups -OCH3 is 1. The maximum absolute atomic E-state index is 12.3. The summed E-state index contributed by atoms with van der Waals surface area (Å²) in [6.45, 7) is 1.45. The quantitative estimate of drug-likeness (QED) is 0.722. The van der Waals surface area contributed by atoms with E-state index < -0.39 is 18.8 Å². The van der Waals surface area contributed by atoms with Crippen molar-refractivity contribution in [2.75, 3.05) is 46.4 Å². The molecule has 2 fully saturated rings. The summed E-state index contributed by atoms with van der Waals surface area (Å²) in [6, 6.07) is -0.0164. The molecule has 0 aromatic carbocycles. The first-order chi connectivity index (χ1) is 9.87. The largest absolute Gasteiger partial charge is 0.468 e. The van der Waals surface area contributed by atoms with Gasteiger partial charge in [-0.1, -0.05) is 0 Å². The van der Waals surface area contributed by atoms with Gasteiger partial charge in [0.1, 0.15) is 6.04 Å². The van der Waals surface area contributed by atoms with Crippen LogP contribution in [0.1, 0.15) is 12.8 Å². The number of hydrogen-bond donors (Lipinski definition) is 1. The molecule has 1 aliphatic carbocycles. The topological polar surface area (TPSA) is 44.8 Å². The molecule has 2 aliphatic rings. The van der Waals surface area contributed by atoms with Crippen molar-refractivity contribution in [3.05, 3.63) is 0 Å². The molecule has 1 aliphatic heterocycles. The molecule has 1 N–H and O–H groups in total. The highest BCUT2D eigenvalue weighted by Gasteiger charge is 2.34. The molecular formula is C13H22F3N3O2. The van der Waals surface area contributed by atoms with E-state index in [9.17, 15) is 18.0 Å². The molecule has 1 heterocycles. The third kappa shape index (κ3) is 5.80. The monoisotopic (exact) mass is 309 g/mol. The lowest BCUT2D eigenvalue weighted by molar-refractivity contribution is -0.149. The zero-order chi connectivity index (χ0) is 15.5. The van der Waals surface area contributed by atoms with Gasteiger partial charge in [-0.15, -0.1) is 0 Å². The molecule has 122 valence electrons. The molecular weight excluding hydrogens is 287 g/mol. The first-order valence-electron chi connectivity index (χ1n) is 7.23. The maximum atomic E-state index is 12.3. The minimum absolute atomic E-state index is 0.306. The molecule has 0 radical (unpaired) electrons. The summed E-state index contributed by atoms with van der Waals surface area (Å²) in [7, 11) is 1.35. The second-order valence-electron chi connectivity index (χ2n) is 5.71. The number of ether oxygens (including phenoxy) is 1. The number of nitrogens with one attached hydrogen (secondary N) is 1. The van der Waals surface area contributed by atoms with Crippen molar-refractivity contribution in [2.45, 2.75) is 31.1 Å². The Morgan fingerprint density at radius 2 is 1.81 bits per heavy atom. The highest BCUT2D eigenvalue weighted by molar-refractivity contribution is 5.76. The first-order valence-corrected chi connectivity index (χ1v) is 7.23. The fourth-order valence-electron chi connectivity index (χ4n) is 2.51. The van der Waals surface area contributed by atoms with Crippen molar-refractivity contribution in [3.8, 4) is 0 Å². The highest BCUT2D eigenvalue weighted by atomic mass is 19.4. The molecule has 1 saturated heterocycles. The Bertz CT molecular complexity index is 353. The summed E-state index contributed by atoms with van der Waals surface area (Å²) in [6.07, 6.45) is -2.02. The van der Waals surface area contributed by atoms with E-state index in [2.05, 4.69) is 5.32 Å². The third-order valence-electron chi connectivity index (χ3n) is 3.81. The van der Waals surface area contributed by atoms with Crippen LogP contribution >= 0.6 is 0 Å². The SMILES string of the molecule is COC(=O)C(CN1CCN(CC(F)(F)F)CC1)NC1CC1. The Balaban J connectivity index is 1.76. The number of nitrogens with zero attached hydrogens (tertiary/aromatic N) is 2. The van der Waals surface area contributed by atoms with Gasteiger partial charge < -0.3 is 10.1 Å². The lowest BCUT2D eigenvalue weighted by atomic mass is 10.2. The number of carbonyl (C=O) groups excluding carboxylic acids is 1. The Labute approximate surface area is 122 Å². The number of piperazine rings is 1. The van der Waals surface area contributed by atoms with E-state index in [1.807, 2.05) is 4.90 Å². The summed E-state index contributed by atoms with van der Waals surface area (Å²) in [5.74, 6) is -0.306. The maximum Gasteiger partial charge on any atom is 0.401 e. The number of hydrogen-bond acceptors (Lipinski definition) is 5. The number of halogens is 3.